The summed E-state index contributed by atoms with van der Waals surface area (Å²) in [6.07, 6.45) is 0.337. The molecule has 2 unspecified atom stereocenters. The van der Waals surface area contributed by atoms with E-state index in [2.05, 4.69) is 5.32 Å². The number of carboxylic acids is 1. The lowest BCUT2D eigenvalue weighted by atomic mass is 9.98. The first-order valence-electron chi connectivity index (χ1n) is 12.8. The number of rotatable bonds is 8. The molecule has 0 radical (unpaired) electrons. The van der Waals surface area contributed by atoms with Crippen molar-refractivity contribution in [3.8, 4) is 22.6 Å². The maximum Gasteiger partial charge on any atom is 0.326 e. The van der Waals surface area contributed by atoms with Crippen LogP contribution in [0.1, 0.15) is 52.6 Å². The van der Waals surface area contributed by atoms with Crippen molar-refractivity contribution in [2.45, 2.75) is 32.4 Å². The molecule has 5 rings (SSSR count). The summed E-state index contributed by atoms with van der Waals surface area (Å²) < 4.78 is 5.83. The second-order valence-corrected chi connectivity index (χ2v) is 9.43. The number of anilines is 1. The van der Waals surface area contributed by atoms with Gasteiger partial charge in [0, 0.05) is 16.8 Å². The highest BCUT2D eigenvalue weighted by Gasteiger charge is 2.40. The number of carbonyl (C=O) groups excluding carboxylic acids is 2. The van der Waals surface area contributed by atoms with Gasteiger partial charge in [0.2, 0.25) is 0 Å². The molecule has 4 aromatic carbocycles. The number of benzene rings is 4. The lowest BCUT2D eigenvalue weighted by molar-refractivity contribution is -0.143. The van der Waals surface area contributed by atoms with Crippen LogP contribution in [-0.2, 0) is 4.79 Å². The number of para-hydroxylation sites is 1. The van der Waals surface area contributed by atoms with E-state index in [1.807, 2.05) is 67.6 Å². The number of nitrogens with one attached hydrogen (secondary N) is 1. The van der Waals surface area contributed by atoms with Crippen molar-refractivity contribution in [2.24, 2.45) is 0 Å². The smallest absolute Gasteiger partial charge is 0.326 e. The molecule has 7 nitrogen and oxygen atoms in total. The van der Waals surface area contributed by atoms with Crippen molar-refractivity contribution in [2.75, 3.05) is 5.32 Å². The first-order chi connectivity index (χ1) is 18.9. The van der Waals surface area contributed by atoms with Crippen molar-refractivity contribution in [1.82, 2.24) is 4.90 Å². The van der Waals surface area contributed by atoms with Crippen LogP contribution in [0, 0.1) is 0 Å². The molecule has 196 valence electrons. The lowest BCUT2D eigenvalue weighted by Crippen LogP contribution is -2.42. The second-order valence-electron chi connectivity index (χ2n) is 9.43. The summed E-state index contributed by atoms with van der Waals surface area (Å²) in [4.78, 5) is 39.2. The monoisotopic (exact) mass is 520 g/mol. The van der Waals surface area contributed by atoms with E-state index >= 15 is 0 Å². The number of nitrogens with zero attached hydrogens (tertiary/aromatic N) is 1. The first kappa shape index (κ1) is 25.7. The van der Waals surface area contributed by atoms with Gasteiger partial charge in [0.25, 0.3) is 11.8 Å². The topological polar surface area (TPSA) is 95.9 Å². The molecule has 0 aliphatic carbocycles. The number of ether oxygens (including phenoxy) is 1. The molecule has 2 N–H and O–H groups in total. The summed E-state index contributed by atoms with van der Waals surface area (Å²) >= 11 is 0. The van der Waals surface area contributed by atoms with Crippen LogP contribution >= 0.6 is 0 Å². The molecule has 1 aliphatic heterocycles. The normalized spacial score (nSPS) is 15.0. The second kappa shape index (κ2) is 10.8. The van der Waals surface area contributed by atoms with Crippen LogP contribution in [0.25, 0.3) is 11.1 Å². The quantitative estimate of drug-likeness (QED) is 0.267. The van der Waals surface area contributed by atoms with E-state index in [4.69, 9.17) is 4.74 Å². The molecule has 39 heavy (non-hydrogen) atoms. The number of amides is 2. The number of carboxylic acid groups (broad SMARTS) is 1. The van der Waals surface area contributed by atoms with Gasteiger partial charge in [-0.1, -0.05) is 55.5 Å². The third kappa shape index (κ3) is 5.25. The summed E-state index contributed by atoms with van der Waals surface area (Å²) in [5, 5.41) is 12.5. The standard InChI is InChI=1S/C32H28N2O5/c1-3-29(32(37)38)34-20(2)27-17-14-22(19-28(27)31(34)36)21-12-15-24(16-13-21)33-30(35)23-8-7-11-26(18-23)39-25-9-5-4-6-10-25/h4-20,29H,3H2,1-2H3,(H,33,35)(H,37,38). The van der Waals surface area contributed by atoms with Crippen LogP contribution in [0.5, 0.6) is 11.5 Å². The third-order valence-corrected chi connectivity index (χ3v) is 6.94. The van der Waals surface area contributed by atoms with Crippen molar-refractivity contribution < 1.29 is 24.2 Å². The predicted molar refractivity (Wildman–Crippen MR) is 149 cm³/mol. The molecule has 0 spiro atoms. The molecule has 0 bridgehead atoms. The zero-order valence-corrected chi connectivity index (χ0v) is 21.6. The molecule has 0 fully saturated rings. The van der Waals surface area contributed by atoms with Gasteiger partial charge in [-0.25, -0.2) is 4.79 Å². The Bertz CT molecular complexity index is 1530. The van der Waals surface area contributed by atoms with Gasteiger partial charge in [-0.2, -0.15) is 0 Å². The Morgan fingerprint density at radius 2 is 1.59 bits per heavy atom. The highest BCUT2D eigenvalue weighted by atomic mass is 16.5. The highest BCUT2D eigenvalue weighted by Crippen LogP contribution is 2.38. The zero-order valence-electron chi connectivity index (χ0n) is 21.6. The number of hydrogen-bond donors (Lipinski definition) is 2. The summed E-state index contributed by atoms with van der Waals surface area (Å²) in [5.41, 5.74) is 4.15. The average molecular weight is 521 g/mol. The maximum atomic E-state index is 13.1. The minimum absolute atomic E-state index is 0.262. The van der Waals surface area contributed by atoms with Gasteiger partial charge < -0.3 is 20.1 Å². The molecule has 0 saturated carbocycles. The van der Waals surface area contributed by atoms with Gasteiger partial charge in [0.1, 0.15) is 17.5 Å². The first-order valence-corrected chi connectivity index (χ1v) is 12.8. The van der Waals surface area contributed by atoms with E-state index in [-0.39, 0.29) is 17.9 Å². The lowest BCUT2D eigenvalue weighted by Gasteiger charge is -2.28. The average Bonchev–Trinajstić information content (AvgIpc) is 3.19. The summed E-state index contributed by atoms with van der Waals surface area (Å²) in [6, 6.07) is 28.2. The molecule has 1 heterocycles. The molecule has 2 atom stereocenters. The van der Waals surface area contributed by atoms with Crippen molar-refractivity contribution in [3.63, 3.8) is 0 Å². The minimum atomic E-state index is -1.00. The Kier molecular flexibility index (Phi) is 7.14. The Morgan fingerprint density at radius 1 is 0.897 bits per heavy atom. The number of carbonyl (C=O) groups is 3. The predicted octanol–water partition coefficient (Wildman–Crippen LogP) is 6.78. The van der Waals surface area contributed by atoms with E-state index in [1.54, 1.807) is 43.3 Å². The number of aliphatic carboxylic acids is 1. The maximum absolute atomic E-state index is 13.1. The molecular formula is C32H28N2O5. The molecular weight excluding hydrogens is 492 g/mol. The fourth-order valence-electron chi connectivity index (χ4n) is 4.93. The van der Waals surface area contributed by atoms with Gasteiger partial charge in [-0.3, -0.25) is 9.59 Å². The third-order valence-electron chi connectivity index (χ3n) is 6.94. The van der Waals surface area contributed by atoms with Crippen LogP contribution in [0.3, 0.4) is 0 Å². The fourth-order valence-corrected chi connectivity index (χ4v) is 4.93. The van der Waals surface area contributed by atoms with Crippen molar-refractivity contribution >= 4 is 23.5 Å². The van der Waals surface area contributed by atoms with Crippen LogP contribution in [0.15, 0.2) is 97.1 Å². The number of hydrogen-bond acceptors (Lipinski definition) is 4. The Balaban J connectivity index is 1.29. The van der Waals surface area contributed by atoms with E-state index in [0.717, 1.165) is 16.7 Å². The Hall–Kier alpha value is -4.91. The van der Waals surface area contributed by atoms with Gasteiger partial charge in [0.15, 0.2) is 0 Å². The van der Waals surface area contributed by atoms with E-state index in [1.165, 1.54) is 4.90 Å². The molecule has 4 aromatic rings. The molecule has 2 amide bonds. The zero-order chi connectivity index (χ0) is 27.5. The minimum Gasteiger partial charge on any atom is -0.480 e. The van der Waals surface area contributed by atoms with Gasteiger partial charge in [0.05, 0.1) is 6.04 Å². The number of fused-ring (bicyclic) bond motifs is 1. The van der Waals surface area contributed by atoms with Gasteiger partial charge in [-0.15, -0.1) is 0 Å². The molecule has 7 heteroatoms. The van der Waals surface area contributed by atoms with Crippen molar-refractivity contribution in [1.29, 1.82) is 0 Å². The van der Waals surface area contributed by atoms with Crippen LogP contribution in [0.4, 0.5) is 5.69 Å². The fraction of sp³-hybridized carbons (Fsp3) is 0.156. The highest BCUT2D eigenvalue weighted by molar-refractivity contribution is 6.05. The van der Waals surface area contributed by atoms with Gasteiger partial charge >= 0.3 is 5.97 Å². The molecule has 0 saturated heterocycles. The summed E-state index contributed by atoms with van der Waals surface area (Å²) in [6.45, 7) is 3.62. The largest absolute Gasteiger partial charge is 0.480 e. The SMILES string of the molecule is CCC(C(=O)O)N1C(=O)c2cc(-c3ccc(NC(=O)c4cccc(Oc5ccccc5)c4)cc3)ccc2C1C. The van der Waals surface area contributed by atoms with Crippen LogP contribution in [-0.4, -0.2) is 33.8 Å². The van der Waals surface area contributed by atoms with Crippen LogP contribution in [0.2, 0.25) is 0 Å². The molecule has 1 aliphatic rings. The Labute approximate surface area is 226 Å². The van der Waals surface area contributed by atoms with Gasteiger partial charge in [-0.05, 0) is 78.6 Å². The Morgan fingerprint density at radius 3 is 2.28 bits per heavy atom. The van der Waals surface area contributed by atoms with Crippen LogP contribution < -0.4 is 10.1 Å². The van der Waals surface area contributed by atoms with E-state index in [0.29, 0.717) is 34.7 Å². The van der Waals surface area contributed by atoms with Crippen molar-refractivity contribution in [3.05, 3.63) is 114 Å². The molecule has 0 aromatic heterocycles. The van der Waals surface area contributed by atoms with E-state index in [9.17, 15) is 19.5 Å². The summed E-state index contributed by atoms with van der Waals surface area (Å²) in [5.74, 6) is -0.276. The summed E-state index contributed by atoms with van der Waals surface area (Å²) in [7, 11) is 0. The van der Waals surface area contributed by atoms with E-state index < -0.39 is 12.0 Å².